The van der Waals surface area contributed by atoms with E-state index in [0.717, 1.165) is 17.7 Å². The first kappa shape index (κ1) is 14.8. The van der Waals surface area contributed by atoms with Crippen LogP contribution in [0.2, 0.25) is 0 Å². The van der Waals surface area contributed by atoms with E-state index in [1.54, 1.807) is 13.3 Å². The van der Waals surface area contributed by atoms with Crippen molar-refractivity contribution in [2.75, 3.05) is 19.1 Å². The van der Waals surface area contributed by atoms with Crippen molar-refractivity contribution in [2.24, 2.45) is 0 Å². The van der Waals surface area contributed by atoms with Crippen LogP contribution in [0.4, 0.5) is 5.82 Å². The lowest BCUT2D eigenvalue weighted by Crippen LogP contribution is -2.32. The first-order valence-electron chi connectivity index (χ1n) is 6.73. The Morgan fingerprint density at radius 2 is 2.00 bits per heavy atom. The number of nitrogens with zero attached hydrogens (tertiary/aromatic N) is 4. The number of para-hydroxylation sites is 1. The van der Waals surface area contributed by atoms with Crippen LogP contribution in [-0.4, -0.2) is 30.2 Å². The van der Waals surface area contributed by atoms with Gasteiger partial charge in [0.1, 0.15) is 11.8 Å². The minimum atomic E-state index is 0.157. The Kier molecular flexibility index (Phi) is 4.72. The number of benzene rings is 1. The topological polar surface area (TPSA) is 62.0 Å². The summed E-state index contributed by atoms with van der Waals surface area (Å²) < 4.78 is 5.38. The van der Waals surface area contributed by atoms with Gasteiger partial charge in [-0.15, -0.1) is 0 Å². The van der Waals surface area contributed by atoms with Crippen LogP contribution in [0.5, 0.6) is 5.75 Å². The van der Waals surface area contributed by atoms with E-state index in [2.05, 4.69) is 23.0 Å². The molecule has 0 saturated heterocycles. The van der Waals surface area contributed by atoms with Crippen molar-refractivity contribution in [3.63, 3.8) is 0 Å². The molecule has 0 bridgehead atoms. The Hall–Kier alpha value is -2.61. The smallest absolute Gasteiger partial charge is 0.183 e. The fourth-order valence-corrected chi connectivity index (χ4v) is 2.20. The molecular weight excluding hydrogens is 264 g/mol. The number of nitriles is 1. The van der Waals surface area contributed by atoms with Crippen molar-refractivity contribution in [2.45, 2.75) is 19.4 Å². The van der Waals surface area contributed by atoms with E-state index < -0.39 is 0 Å². The van der Waals surface area contributed by atoms with Gasteiger partial charge in [0, 0.05) is 25.5 Å². The van der Waals surface area contributed by atoms with Crippen LogP contribution in [-0.2, 0) is 6.42 Å². The van der Waals surface area contributed by atoms with Crippen LogP contribution in [0.3, 0.4) is 0 Å². The van der Waals surface area contributed by atoms with Crippen molar-refractivity contribution in [1.82, 2.24) is 9.97 Å². The SMILES string of the molecule is COc1ccccc1CC(C)N(C)c1nccnc1C#N. The number of aromatic nitrogens is 2. The number of methoxy groups -OCH3 is 1. The number of hydrogen-bond donors (Lipinski definition) is 0. The average molecular weight is 282 g/mol. The number of hydrogen-bond acceptors (Lipinski definition) is 5. The highest BCUT2D eigenvalue weighted by Crippen LogP contribution is 2.22. The lowest BCUT2D eigenvalue weighted by Gasteiger charge is -2.26. The van der Waals surface area contributed by atoms with Gasteiger partial charge in [-0.1, -0.05) is 18.2 Å². The Morgan fingerprint density at radius 1 is 1.29 bits per heavy atom. The molecule has 2 aromatic rings. The van der Waals surface area contributed by atoms with E-state index in [-0.39, 0.29) is 6.04 Å². The lowest BCUT2D eigenvalue weighted by atomic mass is 10.1. The maximum absolute atomic E-state index is 9.12. The van der Waals surface area contributed by atoms with Gasteiger partial charge in [0.25, 0.3) is 0 Å². The summed E-state index contributed by atoms with van der Waals surface area (Å²) in [6.45, 7) is 2.09. The van der Waals surface area contributed by atoms with Gasteiger partial charge in [0.15, 0.2) is 11.5 Å². The first-order chi connectivity index (χ1) is 10.2. The minimum absolute atomic E-state index is 0.157. The molecule has 0 N–H and O–H groups in total. The van der Waals surface area contributed by atoms with Gasteiger partial charge in [0.05, 0.1) is 7.11 Å². The molecule has 1 aromatic carbocycles. The van der Waals surface area contributed by atoms with E-state index in [9.17, 15) is 0 Å². The van der Waals surface area contributed by atoms with E-state index in [0.29, 0.717) is 11.5 Å². The van der Waals surface area contributed by atoms with Gasteiger partial charge in [-0.25, -0.2) is 9.97 Å². The molecule has 0 saturated carbocycles. The summed E-state index contributed by atoms with van der Waals surface area (Å²) in [7, 11) is 3.59. The second kappa shape index (κ2) is 6.71. The minimum Gasteiger partial charge on any atom is -0.496 e. The zero-order valence-electron chi connectivity index (χ0n) is 12.4. The van der Waals surface area contributed by atoms with Crippen LogP contribution >= 0.6 is 0 Å². The fourth-order valence-electron chi connectivity index (χ4n) is 2.20. The normalized spacial score (nSPS) is 11.5. The summed E-state index contributed by atoms with van der Waals surface area (Å²) in [4.78, 5) is 10.3. The maximum Gasteiger partial charge on any atom is 0.183 e. The van der Waals surface area contributed by atoms with Gasteiger partial charge < -0.3 is 9.64 Å². The molecule has 108 valence electrons. The summed E-state index contributed by atoms with van der Waals surface area (Å²) >= 11 is 0. The van der Waals surface area contributed by atoms with Crippen LogP contribution in [0.25, 0.3) is 0 Å². The monoisotopic (exact) mass is 282 g/mol. The molecule has 2 rings (SSSR count). The molecule has 21 heavy (non-hydrogen) atoms. The molecule has 1 aromatic heterocycles. The highest BCUT2D eigenvalue weighted by atomic mass is 16.5. The summed E-state index contributed by atoms with van der Waals surface area (Å²) in [6.07, 6.45) is 3.92. The molecule has 0 radical (unpaired) electrons. The number of likely N-dealkylation sites (N-methyl/N-ethyl adjacent to an activating group) is 1. The van der Waals surface area contributed by atoms with E-state index in [1.807, 2.05) is 36.2 Å². The predicted octanol–water partition coefficient (Wildman–Crippen LogP) is 2.42. The second-order valence-electron chi connectivity index (χ2n) is 4.82. The molecular formula is C16H18N4O. The van der Waals surface area contributed by atoms with E-state index in [1.165, 1.54) is 6.20 Å². The van der Waals surface area contributed by atoms with Crippen molar-refractivity contribution in [3.05, 3.63) is 47.9 Å². The molecule has 1 heterocycles. The number of rotatable bonds is 5. The lowest BCUT2D eigenvalue weighted by molar-refractivity contribution is 0.408. The van der Waals surface area contributed by atoms with Crippen molar-refractivity contribution < 1.29 is 4.74 Å². The van der Waals surface area contributed by atoms with Gasteiger partial charge in [-0.05, 0) is 25.0 Å². The van der Waals surface area contributed by atoms with Gasteiger partial charge in [0.2, 0.25) is 0 Å². The zero-order chi connectivity index (χ0) is 15.2. The molecule has 0 aliphatic rings. The molecule has 5 nitrogen and oxygen atoms in total. The van der Waals surface area contributed by atoms with Crippen molar-refractivity contribution in [3.8, 4) is 11.8 Å². The fraction of sp³-hybridized carbons (Fsp3) is 0.312. The average Bonchev–Trinajstić information content (AvgIpc) is 2.54. The van der Waals surface area contributed by atoms with Crippen LogP contribution in [0, 0.1) is 11.3 Å². The maximum atomic E-state index is 9.12. The van der Waals surface area contributed by atoms with E-state index in [4.69, 9.17) is 10.00 Å². The molecule has 0 aliphatic carbocycles. The number of ether oxygens (including phenoxy) is 1. The second-order valence-corrected chi connectivity index (χ2v) is 4.82. The third-order valence-electron chi connectivity index (χ3n) is 3.49. The molecule has 0 amide bonds. The summed E-state index contributed by atoms with van der Waals surface area (Å²) in [5.74, 6) is 1.47. The Labute approximate surface area is 124 Å². The van der Waals surface area contributed by atoms with E-state index >= 15 is 0 Å². The third kappa shape index (κ3) is 3.29. The zero-order valence-corrected chi connectivity index (χ0v) is 12.4. The Balaban J connectivity index is 2.20. The van der Waals surface area contributed by atoms with Crippen LogP contribution in [0.15, 0.2) is 36.7 Å². The van der Waals surface area contributed by atoms with Gasteiger partial charge in [-0.3, -0.25) is 0 Å². The molecule has 5 heteroatoms. The molecule has 0 spiro atoms. The molecule has 0 fully saturated rings. The van der Waals surface area contributed by atoms with Crippen LogP contribution < -0.4 is 9.64 Å². The standard InChI is InChI=1S/C16H18N4O/c1-12(10-13-6-4-5-7-15(13)21-3)20(2)16-14(11-17)18-8-9-19-16/h4-9,12H,10H2,1-3H3. The van der Waals surface area contributed by atoms with Gasteiger partial charge >= 0.3 is 0 Å². The molecule has 1 unspecified atom stereocenters. The quantitative estimate of drug-likeness (QED) is 0.842. The highest BCUT2D eigenvalue weighted by molar-refractivity contribution is 5.50. The largest absolute Gasteiger partial charge is 0.496 e. The Bertz CT molecular complexity index is 651. The molecule has 1 atom stereocenters. The summed E-state index contributed by atoms with van der Waals surface area (Å²) in [5, 5.41) is 9.12. The van der Waals surface area contributed by atoms with Crippen molar-refractivity contribution in [1.29, 1.82) is 5.26 Å². The van der Waals surface area contributed by atoms with Crippen molar-refractivity contribution >= 4 is 5.82 Å². The number of anilines is 1. The predicted molar refractivity (Wildman–Crippen MR) is 81.3 cm³/mol. The van der Waals surface area contributed by atoms with Gasteiger partial charge in [-0.2, -0.15) is 5.26 Å². The third-order valence-corrected chi connectivity index (χ3v) is 3.49. The molecule has 0 aliphatic heterocycles. The summed E-state index contributed by atoms with van der Waals surface area (Å²) in [6, 6.07) is 10.2. The highest BCUT2D eigenvalue weighted by Gasteiger charge is 2.17. The van der Waals surface area contributed by atoms with Crippen LogP contribution in [0.1, 0.15) is 18.2 Å². The summed E-state index contributed by atoms with van der Waals surface area (Å²) in [5.41, 5.74) is 1.47. The first-order valence-corrected chi connectivity index (χ1v) is 6.73. The Morgan fingerprint density at radius 3 is 2.71 bits per heavy atom.